The molecule has 0 radical (unpaired) electrons. The smallest absolute Gasteiger partial charge is 0.119 e. The molecule has 3 aliphatic heterocycles. The summed E-state index contributed by atoms with van der Waals surface area (Å²) in [5.74, 6) is 0.402. The molecule has 0 spiro atoms. The number of nitrogens with one attached hydrogen (secondary N) is 2. The molecule has 3 atom stereocenters. The fourth-order valence-electron chi connectivity index (χ4n) is 5.28. The number of aliphatic hydroxyl groups excluding tert-OH is 1. The Balaban J connectivity index is 1.49. The van der Waals surface area contributed by atoms with Crippen LogP contribution in [0.5, 0.6) is 0 Å². The molecular formula is C25H40N6O2. The van der Waals surface area contributed by atoms with Crippen LogP contribution >= 0.6 is 0 Å². The topological polar surface area (TPSA) is 98.4 Å². The highest BCUT2D eigenvalue weighted by Crippen LogP contribution is 2.30. The maximum Gasteiger partial charge on any atom is 0.119 e. The molecule has 5 N–H and O–H groups in total. The first-order valence-corrected chi connectivity index (χ1v) is 12.4. The van der Waals surface area contributed by atoms with Gasteiger partial charge >= 0.3 is 0 Å². The van der Waals surface area contributed by atoms with Crippen molar-refractivity contribution in [3.63, 3.8) is 0 Å². The van der Waals surface area contributed by atoms with Crippen LogP contribution in [0.1, 0.15) is 32.1 Å². The number of allylic oxidation sites excluding steroid dienone is 5. The molecular weight excluding hydrogens is 416 g/mol. The largest absolute Gasteiger partial charge is 0.403 e. The normalized spacial score (nSPS) is 30.8. The second-order valence-corrected chi connectivity index (χ2v) is 9.39. The lowest BCUT2D eigenvalue weighted by Crippen LogP contribution is -2.53. The van der Waals surface area contributed by atoms with E-state index in [1.165, 1.54) is 23.2 Å². The van der Waals surface area contributed by atoms with Gasteiger partial charge in [0.15, 0.2) is 0 Å². The predicted octanol–water partition coefficient (Wildman–Crippen LogP) is 1.29. The van der Waals surface area contributed by atoms with Crippen LogP contribution in [0, 0.1) is 5.92 Å². The van der Waals surface area contributed by atoms with Crippen molar-refractivity contribution in [2.45, 2.75) is 44.4 Å². The molecule has 0 aromatic rings. The van der Waals surface area contributed by atoms with Gasteiger partial charge in [-0.05, 0) is 49.8 Å². The van der Waals surface area contributed by atoms with E-state index in [1.54, 1.807) is 6.20 Å². The van der Waals surface area contributed by atoms with E-state index in [2.05, 4.69) is 50.7 Å². The standard InChI is InChI=1S/C25H40N6O2/c1-30-24(20-3-2-4-21(6-5-20)31-11-13-33-14-12-31)8-7-23(28-10-9-26)25(30)29-17-19-15-22(32)18-27-16-19/h5-6,8-10,19,22,25,27,29,32H,2-4,7,11-18,26H2,1H3/b10-9-,28-23+. The van der Waals surface area contributed by atoms with Crippen LogP contribution in [0.3, 0.4) is 0 Å². The van der Waals surface area contributed by atoms with Crippen LogP contribution in [0.4, 0.5) is 0 Å². The Hall–Kier alpha value is -2.13. The molecule has 0 saturated carbocycles. The highest BCUT2D eigenvalue weighted by molar-refractivity contribution is 5.92. The first kappa shape index (κ1) is 24.0. The van der Waals surface area contributed by atoms with Gasteiger partial charge in [0.05, 0.1) is 25.0 Å². The highest BCUT2D eigenvalue weighted by Gasteiger charge is 2.29. The predicted molar refractivity (Wildman–Crippen MR) is 132 cm³/mol. The molecule has 0 aromatic heterocycles. The summed E-state index contributed by atoms with van der Waals surface area (Å²) in [7, 11) is 2.15. The zero-order valence-electron chi connectivity index (χ0n) is 19.9. The summed E-state index contributed by atoms with van der Waals surface area (Å²) in [6.07, 6.45) is 14.8. The van der Waals surface area contributed by atoms with Crippen molar-refractivity contribution in [1.82, 2.24) is 20.4 Å². The molecule has 182 valence electrons. The van der Waals surface area contributed by atoms with Gasteiger partial charge < -0.3 is 30.7 Å². The molecule has 8 heteroatoms. The number of morpholine rings is 1. The summed E-state index contributed by atoms with van der Waals surface area (Å²) in [6.45, 7) is 6.07. The maximum atomic E-state index is 10.0. The summed E-state index contributed by atoms with van der Waals surface area (Å²) in [5, 5.41) is 17.1. The van der Waals surface area contributed by atoms with Gasteiger partial charge in [0.2, 0.25) is 0 Å². The average Bonchev–Trinajstić information content (AvgIpc) is 3.09. The fourth-order valence-corrected chi connectivity index (χ4v) is 5.28. The molecule has 0 amide bonds. The number of nitrogens with zero attached hydrogens (tertiary/aromatic N) is 3. The SMILES string of the molecule is CN1C(C2=CC=C(N3CCOCC3)CCC2)=CC/C(=N\C=C/N)C1NCC1CNCC(O)C1. The molecule has 3 heterocycles. The van der Waals surface area contributed by atoms with E-state index in [0.29, 0.717) is 12.5 Å². The Bertz CT molecular complexity index is 812. The van der Waals surface area contributed by atoms with Gasteiger partial charge in [-0.2, -0.15) is 0 Å². The third kappa shape index (κ3) is 6.26. The number of hydrogen-bond acceptors (Lipinski definition) is 8. The zero-order chi connectivity index (χ0) is 23.0. The Kier molecular flexibility index (Phi) is 8.61. The van der Waals surface area contributed by atoms with Crippen molar-refractivity contribution >= 4 is 5.71 Å². The third-order valence-electron chi connectivity index (χ3n) is 7.03. The number of β-amino-alcohol motifs (C(OH)–C–C–N with tert-alkyl or cyclic N) is 1. The quantitative estimate of drug-likeness (QED) is 0.478. The average molecular weight is 457 g/mol. The van der Waals surface area contributed by atoms with Gasteiger partial charge in [0, 0.05) is 63.4 Å². The van der Waals surface area contributed by atoms with Gasteiger partial charge in [0.25, 0.3) is 0 Å². The highest BCUT2D eigenvalue weighted by atomic mass is 16.5. The van der Waals surface area contributed by atoms with Gasteiger partial charge in [-0.25, -0.2) is 0 Å². The maximum absolute atomic E-state index is 10.0. The summed E-state index contributed by atoms with van der Waals surface area (Å²) >= 11 is 0. The minimum atomic E-state index is -0.262. The summed E-state index contributed by atoms with van der Waals surface area (Å²) in [6, 6.07) is 0. The second-order valence-electron chi connectivity index (χ2n) is 9.39. The van der Waals surface area contributed by atoms with E-state index in [-0.39, 0.29) is 12.3 Å². The number of aliphatic imine (C=N–C) groups is 1. The second kappa shape index (κ2) is 11.8. The Morgan fingerprint density at radius 3 is 2.91 bits per heavy atom. The van der Waals surface area contributed by atoms with Crippen LogP contribution in [0.15, 0.2) is 52.6 Å². The number of nitrogens with two attached hydrogens (primary N) is 1. The monoisotopic (exact) mass is 456 g/mol. The fraction of sp³-hybridized carbons (Fsp3) is 0.640. The van der Waals surface area contributed by atoms with Crippen LogP contribution in [-0.2, 0) is 4.74 Å². The van der Waals surface area contributed by atoms with Crippen LogP contribution in [0.25, 0.3) is 0 Å². The molecule has 0 bridgehead atoms. The van der Waals surface area contributed by atoms with Crippen molar-refractivity contribution in [2.75, 3.05) is 53.0 Å². The molecule has 4 rings (SSSR count). The zero-order valence-corrected chi connectivity index (χ0v) is 19.9. The Morgan fingerprint density at radius 1 is 1.27 bits per heavy atom. The minimum Gasteiger partial charge on any atom is -0.403 e. The van der Waals surface area contributed by atoms with Crippen molar-refractivity contribution in [3.05, 3.63) is 47.6 Å². The molecule has 0 aromatic carbocycles. The number of hydrogen-bond donors (Lipinski definition) is 4. The third-order valence-corrected chi connectivity index (χ3v) is 7.03. The minimum absolute atomic E-state index is 0.00659. The van der Waals surface area contributed by atoms with Crippen molar-refractivity contribution < 1.29 is 9.84 Å². The first-order chi connectivity index (χ1) is 16.2. The Labute approximate surface area is 197 Å². The van der Waals surface area contributed by atoms with Crippen LogP contribution in [-0.4, -0.2) is 85.9 Å². The molecule has 4 aliphatic rings. The lowest BCUT2D eigenvalue weighted by Gasteiger charge is -2.39. The lowest BCUT2D eigenvalue weighted by molar-refractivity contribution is 0.0520. The first-order valence-electron chi connectivity index (χ1n) is 12.4. The summed E-state index contributed by atoms with van der Waals surface area (Å²) < 4.78 is 5.53. The molecule has 3 unspecified atom stereocenters. The molecule has 2 fully saturated rings. The van der Waals surface area contributed by atoms with Crippen LogP contribution in [0.2, 0.25) is 0 Å². The van der Waals surface area contributed by atoms with Crippen LogP contribution < -0.4 is 16.4 Å². The number of piperidine rings is 1. The van der Waals surface area contributed by atoms with E-state index < -0.39 is 0 Å². The molecule has 8 nitrogen and oxygen atoms in total. The summed E-state index contributed by atoms with van der Waals surface area (Å²) in [4.78, 5) is 9.42. The van der Waals surface area contributed by atoms with Crippen molar-refractivity contribution in [2.24, 2.45) is 16.6 Å². The van der Waals surface area contributed by atoms with E-state index in [9.17, 15) is 5.11 Å². The van der Waals surface area contributed by atoms with E-state index in [4.69, 9.17) is 10.5 Å². The lowest BCUT2D eigenvalue weighted by atomic mass is 9.96. The molecule has 33 heavy (non-hydrogen) atoms. The van der Waals surface area contributed by atoms with Crippen molar-refractivity contribution in [1.29, 1.82) is 0 Å². The Morgan fingerprint density at radius 2 is 2.12 bits per heavy atom. The number of rotatable bonds is 6. The number of ether oxygens (including phenoxy) is 1. The van der Waals surface area contributed by atoms with Gasteiger partial charge in [0.1, 0.15) is 6.17 Å². The molecule has 1 aliphatic carbocycles. The molecule has 2 saturated heterocycles. The van der Waals surface area contributed by atoms with Gasteiger partial charge in [-0.3, -0.25) is 10.3 Å². The van der Waals surface area contributed by atoms with E-state index >= 15 is 0 Å². The van der Waals surface area contributed by atoms with Gasteiger partial charge in [-0.15, -0.1) is 0 Å². The summed E-state index contributed by atoms with van der Waals surface area (Å²) in [5.41, 5.74) is 10.7. The van der Waals surface area contributed by atoms with Gasteiger partial charge in [-0.1, -0.05) is 12.2 Å². The van der Waals surface area contributed by atoms with E-state index in [1.807, 2.05) is 0 Å². The number of aliphatic hydroxyl groups is 1. The van der Waals surface area contributed by atoms with E-state index in [0.717, 1.165) is 77.2 Å². The number of likely N-dealkylation sites (N-methyl/N-ethyl adjacent to an activating group) is 1. The van der Waals surface area contributed by atoms with Crippen molar-refractivity contribution in [3.8, 4) is 0 Å².